The lowest BCUT2D eigenvalue weighted by Crippen LogP contribution is -2.26. The lowest BCUT2D eigenvalue weighted by Gasteiger charge is -2.32. The summed E-state index contributed by atoms with van der Waals surface area (Å²) in [5.41, 5.74) is 7.53. The van der Waals surface area contributed by atoms with E-state index in [1.54, 1.807) is 19.1 Å². The van der Waals surface area contributed by atoms with E-state index >= 15 is 0 Å². The normalized spacial score (nSPS) is 20.1. The van der Waals surface area contributed by atoms with Crippen LogP contribution in [0.4, 0.5) is 4.39 Å². The third-order valence-corrected chi connectivity index (χ3v) is 4.48. The molecule has 0 amide bonds. The molecule has 7 nitrogen and oxygen atoms in total. The van der Waals surface area contributed by atoms with Gasteiger partial charge in [0.15, 0.2) is 0 Å². The predicted octanol–water partition coefficient (Wildman–Crippen LogP) is 2.35. The molecule has 0 atom stereocenters. The number of nitrogens with two attached hydrogens (primary N) is 1. The average molecular weight is 328 g/mol. The Hall–Kier alpha value is -2.61. The van der Waals surface area contributed by atoms with Crippen LogP contribution in [-0.4, -0.2) is 25.1 Å². The molecule has 1 aromatic carbocycles. The lowest BCUT2D eigenvalue weighted by molar-refractivity contribution is 0.200. The Morgan fingerprint density at radius 1 is 1.38 bits per heavy atom. The van der Waals surface area contributed by atoms with Crippen molar-refractivity contribution < 1.29 is 8.91 Å². The molecule has 1 aliphatic rings. The molecule has 24 heavy (non-hydrogen) atoms. The van der Waals surface area contributed by atoms with Gasteiger partial charge in [0.2, 0.25) is 11.7 Å². The van der Waals surface area contributed by atoms with E-state index in [0.29, 0.717) is 29.4 Å². The van der Waals surface area contributed by atoms with Gasteiger partial charge in [-0.15, -0.1) is 5.10 Å². The second kappa shape index (κ2) is 5.79. The Morgan fingerprint density at radius 2 is 2.21 bits per heavy atom. The summed E-state index contributed by atoms with van der Waals surface area (Å²) >= 11 is 0. The molecular weight excluding hydrogens is 311 g/mol. The maximum Gasteiger partial charge on any atom is 0.230 e. The van der Waals surface area contributed by atoms with Crippen LogP contribution < -0.4 is 5.73 Å². The summed E-state index contributed by atoms with van der Waals surface area (Å²) in [6.45, 7) is 2.10. The van der Waals surface area contributed by atoms with Gasteiger partial charge in [-0.1, -0.05) is 22.5 Å². The molecule has 2 heterocycles. The smallest absolute Gasteiger partial charge is 0.230 e. The minimum atomic E-state index is -0.274. The summed E-state index contributed by atoms with van der Waals surface area (Å²) < 4.78 is 20.9. The van der Waals surface area contributed by atoms with Gasteiger partial charge in [0.1, 0.15) is 5.82 Å². The zero-order valence-corrected chi connectivity index (χ0v) is 13.2. The maximum absolute atomic E-state index is 13.7. The van der Waals surface area contributed by atoms with E-state index < -0.39 is 0 Å². The molecule has 1 saturated carbocycles. The molecule has 0 bridgehead atoms. The van der Waals surface area contributed by atoms with Crippen molar-refractivity contribution in [2.75, 3.05) is 0 Å². The van der Waals surface area contributed by atoms with Gasteiger partial charge in [-0.3, -0.25) is 0 Å². The quantitative estimate of drug-likeness (QED) is 0.790. The minimum Gasteiger partial charge on any atom is -0.339 e. The fraction of sp³-hybridized carbons (Fsp3) is 0.375. The summed E-state index contributed by atoms with van der Waals surface area (Å²) in [6, 6.07) is 5.20. The monoisotopic (exact) mass is 328 g/mol. The van der Waals surface area contributed by atoms with E-state index in [1.165, 1.54) is 6.07 Å². The minimum absolute atomic E-state index is 0.192. The van der Waals surface area contributed by atoms with Crippen LogP contribution in [0.15, 0.2) is 28.9 Å². The Morgan fingerprint density at radius 3 is 2.92 bits per heavy atom. The number of nitrogens with zero attached hydrogens (tertiary/aromatic N) is 5. The van der Waals surface area contributed by atoms with Crippen molar-refractivity contribution in [2.24, 2.45) is 5.73 Å². The van der Waals surface area contributed by atoms with Crippen molar-refractivity contribution in [3.63, 3.8) is 0 Å². The van der Waals surface area contributed by atoms with Crippen molar-refractivity contribution in [1.82, 2.24) is 25.1 Å². The summed E-state index contributed by atoms with van der Waals surface area (Å²) in [5.74, 6) is 0.918. The highest BCUT2D eigenvalue weighted by Gasteiger charge is 2.36. The van der Waals surface area contributed by atoms with Crippen LogP contribution in [0.5, 0.6) is 0 Å². The second-order valence-electron chi connectivity index (χ2n) is 6.14. The summed E-state index contributed by atoms with van der Waals surface area (Å²) in [5, 5.41) is 12.1. The molecule has 8 heteroatoms. The topological polar surface area (TPSA) is 95.7 Å². The molecule has 1 fully saturated rings. The van der Waals surface area contributed by atoms with Gasteiger partial charge in [-0.2, -0.15) is 4.98 Å². The van der Waals surface area contributed by atoms with E-state index in [0.717, 1.165) is 18.5 Å². The molecule has 0 saturated heterocycles. The highest BCUT2D eigenvalue weighted by atomic mass is 19.1. The zero-order valence-electron chi connectivity index (χ0n) is 13.2. The van der Waals surface area contributed by atoms with Gasteiger partial charge in [0.05, 0.1) is 17.9 Å². The second-order valence-corrected chi connectivity index (χ2v) is 6.14. The largest absolute Gasteiger partial charge is 0.339 e. The van der Waals surface area contributed by atoms with E-state index in [-0.39, 0.29) is 17.8 Å². The number of halogens is 1. The molecule has 0 spiro atoms. The SMILES string of the molecule is Cc1ccc(-c2noc(C3CC(n4cc(CN)nn4)C3)n2)cc1F. The van der Waals surface area contributed by atoms with Gasteiger partial charge < -0.3 is 10.3 Å². The molecule has 2 N–H and O–H groups in total. The Labute approximate surface area is 137 Å². The van der Waals surface area contributed by atoms with Crippen molar-refractivity contribution >= 4 is 0 Å². The zero-order chi connectivity index (χ0) is 16.7. The molecule has 1 aliphatic carbocycles. The van der Waals surface area contributed by atoms with Crippen LogP contribution in [-0.2, 0) is 6.54 Å². The molecule has 0 radical (unpaired) electrons. The summed E-state index contributed by atoms with van der Waals surface area (Å²) in [6.07, 6.45) is 3.59. The Balaban J connectivity index is 1.45. The molecular formula is C16H17FN6O. The van der Waals surface area contributed by atoms with Crippen molar-refractivity contribution in [3.8, 4) is 11.4 Å². The van der Waals surface area contributed by atoms with Crippen molar-refractivity contribution in [2.45, 2.75) is 38.3 Å². The van der Waals surface area contributed by atoms with Crippen molar-refractivity contribution in [1.29, 1.82) is 0 Å². The maximum atomic E-state index is 13.7. The highest BCUT2D eigenvalue weighted by Crippen LogP contribution is 2.44. The molecule has 2 aromatic heterocycles. The van der Waals surface area contributed by atoms with Crippen LogP contribution in [0, 0.1) is 12.7 Å². The number of aromatic nitrogens is 5. The standard InChI is InChI=1S/C16H17FN6O/c1-9-2-3-10(6-14(9)17)15-19-16(24-21-15)11-4-13(5-11)23-8-12(7-18)20-22-23/h2-3,6,8,11,13H,4-5,7,18H2,1H3. The highest BCUT2D eigenvalue weighted by molar-refractivity contribution is 5.55. The van der Waals surface area contributed by atoms with Crippen LogP contribution in [0.2, 0.25) is 0 Å². The van der Waals surface area contributed by atoms with Crippen LogP contribution in [0.1, 0.15) is 41.9 Å². The van der Waals surface area contributed by atoms with Gasteiger partial charge in [0, 0.05) is 18.0 Å². The lowest BCUT2D eigenvalue weighted by atomic mass is 9.80. The number of aryl methyl sites for hydroxylation is 1. The van der Waals surface area contributed by atoms with E-state index in [9.17, 15) is 4.39 Å². The first-order valence-corrected chi connectivity index (χ1v) is 7.85. The van der Waals surface area contributed by atoms with E-state index in [4.69, 9.17) is 10.3 Å². The first-order valence-electron chi connectivity index (χ1n) is 7.85. The first-order chi connectivity index (χ1) is 11.6. The number of hydrogen-bond donors (Lipinski definition) is 1. The van der Waals surface area contributed by atoms with Gasteiger partial charge in [-0.25, -0.2) is 9.07 Å². The third-order valence-electron chi connectivity index (χ3n) is 4.48. The van der Waals surface area contributed by atoms with Gasteiger partial charge >= 0.3 is 0 Å². The number of benzene rings is 1. The fourth-order valence-electron chi connectivity index (χ4n) is 2.84. The molecule has 124 valence electrons. The van der Waals surface area contributed by atoms with Gasteiger partial charge in [0.25, 0.3) is 0 Å². The average Bonchev–Trinajstić information content (AvgIpc) is 3.18. The van der Waals surface area contributed by atoms with Crippen LogP contribution >= 0.6 is 0 Å². The van der Waals surface area contributed by atoms with Crippen molar-refractivity contribution in [3.05, 3.63) is 47.4 Å². The number of hydrogen-bond acceptors (Lipinski definition) is 6. The summed E-state index contributed by atoms with van der Waals surface area (Å²) in [4.78, 5) is 4.41. The molecule has 0 unspecified atom stereocenters. The predicted molar refractivity (Wildman–Crippen MR) is 83.4 cm³/mol. The van der Waals surface area contributed by atoms with E-state index in [1.807, 2.05) is 10.9 Å². The van der Waals surface area contributed by atoms with Crippen LogP contribution in [0.25, 0.3) is 11.4 Å². The fourth-order valence-corrected chi connectivity index (χ4v) is 2.84. The molecule has 3 aromatic rings. The third kappa shape index (κ3) is 2.58. The molecule has 0 aliphatic heterocycles. The van der Waals surface area contributed by atoms with Gasteiger partial charge in [-0.05, 0) is 31.4 Å². The number of rotatable bonds is 4. The Bertz CT molecular complexity index is 867. The Kier molecular flexibility index (Phi) is 3.61. The first kappa shape index (κ1) is 14.9. The molecule has 4 rings (SSSR count). The van der Waals surface area contributed by atoms with Crippen LogP contribution in [0.3, 0.4) is 0 Å². The summed E-state index contributed by atoms with van der Waals surface area (Å²) in [7, 11) is 0. The van der Waals surface area contributed by atoms with E-state index in [2.05, 4.69) is 20.5 Å².